The van der Waals surface area contributed by atoms with Crippen molar-refractivity contribution in [1.29, 1.82) is 0 Å². The Morgan fingerprint density at radius 1 is 1.25 bits per heavy atom. The van der Waals surface area contributed by atoms with E-state index in [1.165, 1.54) is 25.7 Å². The fourth-order valence-electron chi connectivity index (χ4n) is 2.96. The van der Waals surface area contributed by atoms with Crippen molar-refractivity contribution in [1.82, 2.24) is 10.2 Å². The van der Waals surface area contributed by atoms with Crippen LogP contribution in [0.5, 0.6) is 0 Å². The monoisotopic (exact) mass is 284 g/mol. The Kier molecular flexibility index (Phi) is 8.08. The van der Waals surface area contributed by atoms with Crippen LogP contribution in [0.1, 0.15) is 60.3 Å². The first-order chi connectivity index (χ1) is 9.53. The average Bonchev–Trinajstić information content (AvgIpc) is 2.58. The van der Waals surface area contributed by atoms with Crippen molar-refractivity contribution in [3.8, 4) is 0 Å². The molecule has 20 heavy (non-hydrogen) atoms. The summed E-state index contributed by atoms with van der Waals surface area (Å²) in [7, 11) is 0. The Morgan fingerprint density at radius 2 is 1.95 bits per heavy atom. The maximum Gasteiger partial charge on any atom is 0.0593 e. The Labute approximate surface area is 126 Å². The van der Waals surface area contributed by atoms with Crippen molar-refractivity contribution in [2.45, 2.75) is 71.9 Å². The Morgan fingerprint density at radius 3 is 2.55 bits per heavy atom. The number of nitrogens with zero attached hydrogens (tertiary/aromatic N) is 1. The molecule has 120 valence electrons. The van der Waals surface area contributed by atoms with E-state index in [1.54, 1.807) is 0 Å². The summed E-state index contributed by atoms with van der Waals surface area (Å²) in [5.41, 5.74) is 0.308. The highest BCUT2D eigenvalue weighted by atomic mass is 16.5. The van der Waals surface area contributed by atoms with Gasteiger partial charge < -0.3 is 10.1 Å². The molecule has 1 aliphatic rings. The fraction of sp³-hybridized carbons (Fsp3) is 1.00. The van der Waals surface area contributed by atoms with Crippen molar-refractivity contribution in [2.75, 3.05) is 32.8 Å². The molecule has 0 amide bonds. The third-order valence-corrected chi connectivity index (χ3v) is 4.91. The van der Waals surface area contributed by atoms with Gasteiger partial charge in [0.2, 0.25) is 0 Å². The topological polar surface area (TPSA) is 24.5 Å². The highest BCUT2D eigenvalue weighted by Gasteiger charge is 2.32. The molecule has 1 heterocycles. The molecule has 0 aromatic heterocycles. The predicted octanol–water partition coefficient (Wildman–Crippen LogP) is 3.29. The molecule has 1 aliphatic heterocycles. The molecular formula is C17H36N2O. The Bertz CT molecular complexity index is 251. The first kappa shape index (κ1) is 17.9. The molecule has 1 N–H and O–H groups in total. The van der Waals surface area contributed by atoms with Crippen LogP contribution in [0, 0.1) is 5.92 Å². The normalized spacial score (nSPS) is 24.0. The van der Waals surface area contributed by atoms with Crippen LogP contribution in [-0.2, 0) is 4.74 Å². The zero-order valence-corrected chi connectivity index (χ0v) is 14.4. The maximum atomic E-state index is 5.81. The van der Waals surface area contributed by atoms with Crippen molar-refractivity contribution in [3.63, 3.8) is 0 Å². The number of rotatable bonds is 8. The van der Waals surface area contributed by atoms with Crippen LogP contribution < -0.4 is 5.32 Å². The molecule has 0 spiro atoms. The molecule has 0 aromatic rings. The minimum absolute atomic E-state index is 0.308. The zero-order valence-electron chi connectivity index (χ0n) is 14.4. The van der Waals surface area contributed by atoms with Gasteiger partial charge in [-0.2, -0.15) is 0 Å². The smallest absolute Gasteiger partial charge is 0.0593 e. The molecular weight excluding hydrogens is 248 g/mol. The Balaban J connectivity index is 2.40. The standard InChI is InChI=1S/C17H36N2O/c1-6-17(7-2)14-19(16(5)8-10-18-17)11-13-20-12-9-15(3)4/h15-16,18H,6-14H2,1-5H3. The van der Waals surface area contributed by atoms with Gasteiger partial charge in [0.15, 0.2) is 0 Å². The van der Waals surface area contributed by atoms with Crippen LogP contribution in [0.2, 0.25) is 0 Å². The van der Waals surface area contributed by atoms with E-state index in [9.17, 15) is 0 Å². The lowest BCUT2D eigenvalue weighted by Gasteiger charge is -2.37. The zero-order chi connectivity index (χ0) is 15.0. The lowest BCUT2D eigenvalue weighted by molar-refractivity contribution is 0.0737. The van der Waals surface area contributed by atoms with Crippen LogP contribution >= 0.6 is 0 Å². The summed E-state index contributed by atoms with van der Waals surface area (Å²) in [6, 6.07) is 0.663. The molecule has 0 aromatic carbocycles. The van der Waals surface area contributed by atoms with E-state index in [0.29, 0.717) is 11.6 Å². The minimum Gasteiger partial charge on any atom is -0.380 e. The van der Waals surface area contributed by atoms with Gasteiger partial charge in [0.1, 0.15) is 0 Å². The number of hydrogen-bond donors (Lipinski definition) is 1. The van der Waals surface area contributed by atoms with Gasteiger partial charge in [0.05, 0.1) is 6.61 Å². The van der Waals surface area contributed by atoms with Gasteiger partial charge in [-0.15, -0.1) is 0 Å². The Hall–Kier alpha value is -0.120. The summed E-state index contributed by atoms with van der Waals surface area (Å²) < 4.78 is 5.81. The first-order valence-corrected chi connectivity index (χ1v) is 8.59. The van der Waals surface area contributed by atoms with Crippen LogP contribution in [0.15, 0.2) is 0 Å². The van der Waals surface area contributed by atoms with Crippen LogP contribution in [-0.4, -0.2) is 49.3 Å². The third-order valence-electron chi connectivity index (χ3n) is 4.91. The number of hydrogen-bond acceptors (Lipinski definition) is 3. The second-order valence-electron chi connectivity index (χ2n) is 6.82. The molecule has 0 radical (unpaired) electrons. The third kappa shape index (κ3) is 5.71. The van der Waals surface area contributed by atoms with E-state index >= 15 is 0 Å². The van der Waals surface area contributed by atoms with Gasteiger partial charge in [0.25, 0.3) is 0 Å². The van der Waals surface area contributed by atoms with Gasteiger partial charge in [-0.05, 0) is 45.1 Å². The van der Waals surface area contributed by atoms with Gasteiger partial charge in [-0.3, -0.25) is 4.90 Å². The van der Waals surface area contributed by atoms with Crippen molar-refractivity contribution < 1.29 is 4.74 Å². The van der Waals surface area contributed by atoms with Gasteiger partial charge >= 0.3 is 0 Å². The highest BCUT2D eigenvalue weighted by molar-refractivity contribution is 4.93. The van der Waals surface area contributed by atoms with Gasteiger partial charge in [0, 0.05) is 31.3 Å². The molecule has 1 unspecified atom stereocenters. The highest BCUT2D eigenvalue weighted by Crippen LogP contribution is 2.22. The minimum atomic E-state index is 0.308. The van der Waals surface area contributed by atoms with Crippen molar-refractivity contribution in [3.05, 3.63) is 0 Å². The van der Waals surface area contributed by atoms with Gasteiger partial charge in [-0.25, -0.2) is 0 Å². The van der Waals surface area contributed by atoms with E-state index in [-0.39, 0.29) is 0 Å². The molecule has 0 saturated carbocycles. The van der Waals surface area contributed by atoms with Gasteiger partial charge in [-0.1, -0.05) is 27.7 Å². The summed E-state index contributed by atoms with van der Waals surface area (Å²) in [4.78, 5) is 2.63. The molecule has 0 bridgehead atoms. The molecule has 1 saturated heterocycles. The van der Waals surface area contributed by atoms with Crippen molar-refractivity contribution >= 4 is 0 Å². The van der Waals surface area contributed by atoms with E-state index < -0.39 is 0 Å². The molecule has 3 nitrogen and oxygen atoms in total. The fourth-order valence-corrected chi connectivity index (χ4v) is 2.96. The quantitative estimate of drug-likeness (QED) is 0.692. The van der Waals surface area contributed by atoms with Crippen LogP contribution in [0.4, 0.5) is 0 Å². The van der Waals surface area contributed by atoms with Crippen molar-refractivity contribution in [2.24, 2.45) is 5.92 Å². The SMILES string of the molecule is CCC1(CC)CN(CCOCCC(C)C)C(C)CCN1. The molecule has 0 aliphatic carbocycles. The largest absolute Gasteiger partial charge is 0.380 e. The first-order valence-electron chi connectivity index (χ1n) is 8.59. The summed E-state index contributed by atoms with van der Waals surface area (Å²) in [6.45, 7) is 16.6. The summed E-state index contributed by atoms with van der Waals surface area (Å²) in [6.07, 6.45) is 4.83. The summed E-state index contributed by atoms with van der Waals surface area (Å²) in [5, 5.41) is 3.79. The van der Waals surface area contributed by atoms with E-state index in [1.807, 2.05) is 0 Å². The van der Waals surface area contributed by atoms with Crippen LogP contribution in [0.3, 0.4) is 0 Å². The molecule has 3 heteroatoms. The lowest BCUT2D eigenvalue weighted by atomic mass is 9.92. The predicted molar refractivity (Wildman–Crippen MR) is 87.2 cm³/mol. The number of nitrogens with one attached hydrogen (secondary N) is 1. The van der Waals surface area contributed by atoms with E-state index in [4.69, 9.17) is 4.74 Å². The lowest BCUT2D eigenvalue weighted by Crippen LogP contribution is -2.52. The maximum absolute atomic E-state index is 5.81. The van der Waals surface area contributed by atoms with Crippen LogP contribution in [0.25, 0.3) is 0 Å². The van der Waals surface area contributed by atoms with E-state index in [0.717, 1.165) is 38.8 Å². The second-order valence-corrected chi connectivity index (χ2v) is 6.82. The molecule has 1 atom stereocenters. The summed E-state index contributed by atoms with van der Waals surface area (Å²) in [5.74, 6) is 0.740. The number of ether oxygens (including phenoxy) is 1. The second kappa shape index (κ2) is 9.01. The average molecular weight is 284 g/mol. The molecule has 1 rings (SSSR count). The van der Waals surface area contributed by atoms with E-state index in [2.05, 4.69) is 44.8 Å². The summed E-state index contributed by atoms with van der Waals surface area (Å²) >= 11 is 0. The molecule has 1 fully saturated rings.